The Morgan fingerprint density at radius 1 is 1.41 bits per heavy atom. The maximum absolute atomic E-state index is 13.7. The van der Waals surface area contributed by atoms with Gasteiger partial charge in [0.1, 0.15) is 5.82 Å². The predicted octanol–water partition coefficient (Wildman–Crippen LogP) is 3.41. The molecule has 3 nitrogen and oxygen atoms in total. The fourth-order valence-corrected chi connectivity index (χ4v) is 1.96. The number of halogens is 1. The molecule has 1 aromatic carbocycles. The van der Waals surface area contributed by atoms with Crippen LogP contribution in [0.2, 0.25) is 0 Å². The van der Waals surface area contributed by atoms with Crippen molar-refractivity contribution in [3.63, 3.8) is 0 Å². The van der Waals surface area contributed by atoms with Crippen molar-refractivity contribution >= 4 is 11.6 Å². The summed E-state index contributed by atoms with van der Waals surface area (Å²) in [4.78, 5) is 4.24. The van der Waals surface area contributed by atoms with Crippen LogP contribution in [0.1, 0.15) is 24.4 Å². The molecule has 1 aromatic heterocycles. The van der Waals surface area contributed by atoms with Gasteiger partial charge in [0.05, 0.1) is 5.69 Å². The molecule has 0 spiro atoms. The molecule has 1 N–H and O–H groups in total. The van der Waals surface area contributed by atoms with Gasteiger partial charge in [-0.2, -0.15) is 0 Å². The van der Waals surface area contributed by atoms with Gasteiger partial charge in [-0.1, -0.05) is 12.1 Å². The highest BCUT2D eigenvalue weighted by Gasteiger charge is 2.25. The van der Waals surface area contributed by atoms with E-state index in [9.17, 15) is 4.39 Å². The van der Waals surface area contributed by atoms with Gasteiger partial charge in [0.2, 0.25) is 5.95 Å². The van der Waals surface area contributed by atoms with Gasteiger partial charge in [0, 0.05) is 18.4 Å². The maximum Gasteiger partial charge on any atom is 0.207 e. The van der Waals surface area contributed by atoms with Gasteiger partial charge in [0.25, 0.3) is 0 Å². The van der Waals surface area contributed by atoms with E-state index in [0.29, 0.717) is 11.7 Å². The number of imidazole rings is 1. The third-order valence-electron chi connectivity index (χ3n) is 3.07. The molecule has 1 fully saturated rings. The molecule has 0 saturated heterocycles. The predicted molar refractivity (Wildman–Crippen MR) is 64.9 cm³/mol. The number of hydrogen-bond acceptors (Lipinski definition) is 2. The first-order valence-electron chi connectivity index (χ1n) is 5.80. The minimum absolute atomic E-state index is 0.240. The van der Waals surface area contributed by atoms with Crippen molar-refractivity contribution in [2.24, 2.45) is 0 Å². The zero-order chi connectivity index (χ0) is 11.8. The highest BCUT2D eigenvalue weighted by atomic mass is 19.1. The van der Waals surface area contributed by atoms with E-state index in [1.54, 1.807) is 12.3 Å². The Hall–Kier alpha value is -1.84. The van der Waals surface area contributed by atoms with Crippen LogP contribution in [0.3, 0.4) is 0 Å². The Morgan fingerprint density at radius 3 is 2.94 bits per heavy atom. The van der Waals surface area contributed by atoms with Crippen molar-refractivity contribution in [2.45, 2.75) is 25.8 Å². The fraction of sp³-hybridized carbons (Fsp3) is 0.308. The van der Waals surface area contributed by atoms with Gasteiger partial charge in [-0.05, 0) is 31.4 Å². The molecule has 0 aliphatic heterocycles. The third kappa shape index (κ3) is 1.90. The zero-order valence-corrected chi connectivity index (χ0v) is 9.65. The molecule has 88 valence electrons. The molecular formula is C13H14FN3. The number of aryl methyl sites for hydroxylation is 1. The van der Waals surface area contributed by atoms with Crippen LogP contribution >= 0.6 is 0 Å². The van der Waals surface area contributed by atoms with Crippen molar-refractivity contribution in [1.82, 2.24) is 9.55 Å². The van der Waals surface area contributed by atoms with Crippen molar-refractivity contribution in [1.29, 1.82) is 0 Å². The van der Waals surface area contributed by atoms with Crippen LogP contribution in [0.25, 0.3) is 0 Å². The minimum Gasteiger partial charge on any atom is -0.323 e. The molecule has 0 unspecified atom stereocenters. The van der Waals surface area contributed by atoms with E-state index in [1.165, 1.54) is 18.9 Å². The lowest BCUT2D eigenvalue weighted by molar-refractivity contribution is 0.630. The van der Waals surface area contributed by atoms with Crippen LogP contribution in [0, 0.1) is 12.7 Å². The van der Waals surface area contributed by atoms with Crippen molar-refractivity contribution in [3.05, 3.63) is 42.0 Å². The zero-order valence-electron chi connectivity index (χ0n) is 9.65. The van der Waals surface area contributed by atoms with Crippen LogP contribution in [0.15, 0.2) is 30.6 Å². The summed E-state index contributed by atoms with van der Waals surface area (Å²) in [6.07, 6.45) is 6.05. The fourth-order valence-electron chi connectivity index (χ4n) is 1.96. The molecule has 4 heteroatoms. The number of rotatable bonds is 3. The minimum atomic E-state index is -0.240. The van der Waals surface area contributed by atoms with Crippen LogP contribution in [0.4, 0.5) is 16.0 Å². The van der Waals surface area contributed by atoms with Crippen LogP contribution in [-0.2, 0) is 0 Å². The van der Waals surface area contributed by atoms with Gasteiger partial charge in [-0.15, -0.1) is 0 Å². The summed E-state index contributed by atoms with van der Waals surface area (Å²) in [7, 11) is 0. The highest BCUT2D eigenvalue weighted by Crippen LogP contribution is 2.37. The first-order valence-corrected chi connectivity index (χ1v) is 5.80. The van der Waals surface area contributed by atoms with E-state index in [0.717, 1.165) is 11.5 Å². The Balaban J connectivity index is 1.93. The summed E-state index contributed by atoms with van der Waals surface area (Å²) in [6, 6.07) is 5.59. The smallest absolute Gasteiger partial charge is 0.207 e. The molecule has 1 aliphatic carbocycles. The lowest BCUT2D eigenvalue weighted by Gasteiger charge is -2.11. The second kappa shape index (κ2) is 3.87. The summed E-state index contributed by atoms with van der Waals surface area (Å²) in [5.74, 6) is 0.482. The van der Waals surface area contributed by atoms with Crippen molar-refractivity contribution in [3.8, 4) is 0 Å². The maximum atomic E-state index is 13.7. The number of benzene rings is 1. The number of anilines is 2. The lowest BCUT2D eigenvalue weighted by Crippen LogP contribution is -2.04. The lowest BCUT2D eigenvalue weighted by atomic mass is 10.2. The van der Waals surface area contributed by atoms with Gasteiger partial charge in [-0.3, -0.25) is 0 Å². The molecular weight excluding hydrogens is 217 g/mol. The second-order valence-electron chi connectivity index (χ2n) is 4.45. The largest absolute Gasteiger partial charge is 0.323 e. The molecule has 0 atom stereocenters. The van der Waals surface area contributed by atoms with Crippen molar-refractivity contribution < 1.29 is 4.39 Å². The van der Waals surface area contributed by atoms with Gasteiger partial charge < -0.3 is 9.88 Å². The van der Waals surface area contributed by atoms with E-state index >= 15 is 0 Å². The molecule has 17 heavy (non-hydrogen) atoms. The normalized spacial score (nSPS) is 14.9. The number of para-hydroxylation sites is 1. The summed E-state index contributed by atoms with van der Waals surface area (Å²) < 4.78 is 15.8. The summed E-state index contributed by atoms with van der Waals surface area (Å²) in [6.45, 7) is 1.88. The van der Waals surface area contributed by atoms with Crippen LogP contribution in [0.5, 0.6) is 0 Å². The quantitative estimate of drug-likeness (QED) is 0.877. The standard InChI is InChI=1S/C13H14FN3/c1-9-3-2-4-11(14)12(9)16-13-15-7-8-17(13)10-5-6-10/h2-4,7-8,10H,5-6H2,1H3,(H,15,16). The number of aromatic nitrogens is 2. The number of nitrogens with one attached hydrogen (secondary N) is 1. The Labute approximate surface area is 99.3 Å². The number of hydrogen-bond donors (Lipinski definition) is 1. The van der Waals surface area contributed by atoms with Crippen LogP contribution in [-0.4, -0.2) is 9.55 Å². The molecule has 0 radical (unpaired) electrons. The average Bonchev–Trinajstić information content (AvgIpc) is 3.04. The highest BCUT2D eigenvalue weighted by molar-refractivity contribution is 5.59. The van der Waals surface area contributed by atoms with E-state index < -0.39 is 0 Å². The number of nitrogens with zero attached hydrogens (tertiary/aromatic N) is 2. The van der Waals surface area contributed by atoms with Crippen molar-refractivity contribution in [2.75, 3.05) is 5.32 Å². The summed E-state index contributed by atoms with van der Waals surface area (Å²) in [5, 5.41) is 3.09. The first-order chi connectivity index (χ1) is 8.25. The first kappa shape index (κ1) is 10.3. The Bertz CT molecular complexity index is 523. The summed E-state index contributed by atoms with van der Waals surface area (Å²) >= 11 is 0. The Kier molecular flexibility index (Phi) is 2.35. The third-order valence-corrected chi connectivity index (χ3v) is 3.07. The Morgan fingerprint density at radius 2 is 2.24 bits per heavy atom. The van der Waals surface area contributed by atoms with E-state index in [2.05, 4.69) is 14.9 Å². The monoisotopic (exact) mass is 231 g/mol. The van der Waals surface area contributed by atoms with E-state index in [-0.39, 0.29) is 5.82 Å². The molecule has 3 rings (SSSR count). The molecule has 1 aliphatic rings. The van der Waals surface area contributed by atoms with Gasteiger partial charge >= 0.3 is 0 Å². The molecule has 2 aromatic rings. The molecule has 0 amide bonds. The molecule has 1 saturated carbocycles. The van der Waals surface area contributed by atoms with Crippen LogP contribution < -0.4 is 5.32 Å². The summed E-state index contributed by atoms with van der Waals surface area (Å²) in [5.41, 5.74) is 1.40. The molecule has 1 heterocycles. The second-order valence-corrected chi connectivity index (χ2v) is 4.45. The average molecular weight is 231 g/mol. The van der Waals surface area contributed by atoms with E-state index in [4.69, 9.17) is 0 Å². The van der Waals surface area contributed by atoms with Gasteiger partial charge in [-0.25, -0.2) is 9.37 Å². The van der Waals surface area contributed by atoms with E-state index in [1.807, 2.05) is 19.2 Å². The van der Waals surface area contributed by atoms with Gasteiger partial charge in [0.15, 0.2) is 0 Å². The topological polar surface area (TPSA) is 29.9 Å². The SMILES string of the molecule is Cc1cccc(F)c1Nc1nccn1C1CC1. The molecule has 0 bridgehead atoms.